The van der Waals surface area contributed by atoms with E-state index in [1.807, 2.05) is 19.2 Å². The maximum Gasteiger partial charge on any atom is 0.0459 e. The highest BCUT2D eigenvalue weighted by molar-refractivity contribution is 6.35. The zero-order valence-corrected chi connectivity index (χ0v) is 14.1. The van der Waals surface area contributed by atoms with E-state index in [0.717, 1.165) is 17.9 Å². The highest BCUT2D eigenvalue weighted by Crippen LogP contribution is 2.43. The number of benzene rings is 2. The van der Waals surface area contributed by atoms with E-state index in [1.54, 1.807) is 0 Å². The van der Waals surface area contributed by atoms with Crippen LogP contribution in [0.3, 0.4) is 0 Å². The maximum atomic E-state index is 6.40. The molecule has 0 spiro atoms. The molecule has 1 N–H and O–H groups in total. The third-order valence-electron chi connectivity index (χ3n) is 4.18. The Morgan fingerprint density at radius 2 is 1.67 bits per heavy atom. The van der Waals surface area contributed by atoms with Crippen LogP contribution in [0.2, 0.25) is 10.0 Å². The van der Waals surface area contributed by atoms with Crippen molar-refractivity contribution in [1.29, 1.82) is 0 Å². The van der Waals surface area contributed by atoms with E-state index < -0.39 is 0 Å². The number of hydrogen-bond acceptors (Lipinski definition) is 1. The summed E-state index contributed by atoms with van der Waals surface area (Å²) in [5.41, 5.74) is 3.94. The fourth-order valence-electron chi connectivity index (χ4n) is 3.20. The molecule has 0 saturated carbocycles. The van der Waals surface area contributed by atoms with Gasteiger partial charge in [0.15, 0.2) is 0 Å². The molecule has 0 unspecified atom stereocenters. The molecular formula is C17H18Cl3N. The van der Waals surface area contributed by atoms with Crippen LogP contribution < -0.4 is 5.32 Å². The Balaban J connectivity index is 0.00000161. The van der Waals surface area contributed by atoms with E-state index in [-0.39, 0.29) is 12.4 Å². The quantitative estimate of drug-likeness (QED) is 0.749. The van der Waals surface area contributed by atoms with E-state index in [0.29, 0.717) is 17.0 Å². The summed E-state index contributed by atoms with van der Waals surface area (Å²) in [6.45, 7) is 0. The zero-order valence-electron chi connectivity index (χ0n) is 11.8. The average molecular weight is 343 g/mol. The van der Waals surface area contributed by atoms with Gasteiger partial charge in [0.05, 0.1) is 0 Å². The lowest BCUT2D eigenvalue weighted by molar-refractivity contribution is 0.471. The van der Waals surface area contributed by atoms with Crippen LogP contribution in [-0.2, 0) is 0 Å². The summed E-state index contributed by atoms with van der Waals surface area (Å²) in [4.78, 5) is 0. The molecule has 0 fully saturated rings. The Morgan fingerprint density at radius 1 is 0.952 bits per heavy atom. The highest BCUT2D eigenvalue weighted by atomic mass is 35.5. The van der Waals surface area contributed by atoms with Gasteiger partial charge in [-0.25, -0.2) is 0 Å². The second-order valence-corrected chi connectivity index (χ2v) is 6.11. The predicted octanol–water partition coefficient (Wildman–Crippen LogP) is 5.60. The SMILES string of the molecule is CN[C@@H]1CC[C@@H](c2ccc(Cl)cc2Cl)c2ccccc21.Cl. The first-order valence-electron chi connectivity index (χ1n) is 6.91. The standard InChI is InChI=1S/C17H17Cl2N.ClH/c1-20-17-9-8-13(12-4-2-3-5-15(12)17)14-7-6-11(18)10-16(14)19;/h2-7,10,13,17,20H,8-9H2,1H3;1H/t13-,17-;/m1./s1. The molecule has 0 aliphatic heterocycles. The van der Waals surface area contributed by atoms with Gasteiger partial charge in [-0.15, -0.1) is 12.4 Å². The molecule has 4 heteroatoms. The number of fused-ring (bicyclic) bond motifs is 1. The van der Waals surface area contributed by atoms with Crippen molar-refractivity contribution in [3.05, 3.63) is 69.2 Å². The summed E-state index contributed by atoms with van der Waals surface area (Å²) in [7, 11) is 2.02. The molecule has 2 aromatic rings. The molecular weight excluding hydrogens is 325 g/mol. The second kappa shape index (κ2) is 7.02. The van der Waals surface area contributed by atoms with Crippen LogP contribution in [0.5, 0.6) is 0 Å². The van der Waals surface area contributed by atoms with Gasteiger partial charge in [-0.05, 0) is 48.7 Å². The third kappa shape index (κ3) is 3.22. The molecule has 3 rings (SSSR count). The molecule has 0 heterocycles. The molecule has 2 aromatic carbocycles. The molecule has 0 aromatic heterocycles. The highest BCUT2D eigenvalue weighted by Gasteiger charge is 2.28. The summed E-state index contributed by atoms with van der Waals surface area (Å²) in [5.74, 6) is 0.362. The summed E-state index contributed by atoms with van der Waals surface area (Å²) >= 11 is 12.4. The monoisotopic (exact) mass is 341 g/mol. The van der Waals surface area contributed by atoms with E-state index in [9.17, 15) is 0 Å². The lowest BCUT2D eigenvalue weighted by Crippen LogP contribution is -2.24. The van der Waals surface area contributed by atoms with Crippen molar-refractivity contribution >= 4 is 35.6 Å². The maximum absolute atomic E-state index is 6.40. The Labute approximate surface area is 142 Å². The average Bonchev–Trinajstić information content (AvgIpc) is 2.47. The van der Waals surface area contributed by atoms with Crippen molar-refractivity contribution in [2.45, 2.75) is 24.8 Å². The zero-order chi connectivity index (χ0) is 14.1. The predicted molar refractivity (Wildman–Crippen MR) is 93.0 cm³/mol. The Kier molecular flexibility index (Phi) is 5.56. The van der Waals surface area contributed by atoms with Gasteiger partial charge in [-0.3, -0.25) is 0 Å². The molecule has 1 aliphatic rings. The van der Waals surface area contributed by atoms with Gasteiger partial charge in [0.25, 0.3) is 0 Å². The van der Waals surface area contributed by atoms with Crippen molar-refractivity contribution in [3.63, 3.8) is 0 Å². The number of nitrogens with one attached hydrogen (secondary N) is 1. The number of hydrogen-bond donors (Lipinski definition) is 1. The fraction of sp³-hybridized carbons (Fsp3) is 0.294. The van der Waals surface area contributed by atoms with Crippen molar-refractivity contribution in [2.24, 2.45) is 0 Å². The molecule has 0 radical (unpaired) electrons. The van der Waals surface area contributed by atoms with E-state index in [1.165, 1.54) is 16.7 Å². The van der Waals surface area contributed by atoms with E-state index in [2.05, 4.69) is 35.6 Å². The van der Waals surface area contributed by atoms with Gasteiger partial charge in [-0.2, -0.15) is 0 Å². The molecule has 0 amide bonds. The molecule has 1 nitrogen and oxygen atoms in total. The lowest BCUT2D eigenvalue weighted by Gasteiger charge is -2.32. The first-order valence-corrected chi connectivity index (χ1v) is 7.67. The van der Waals surface area contributed by atoms with Gasteiger partial charge in [0.1, 0.15) is 0 Å². The van der Waals surface area contributed by atoms with Crippen molar-refractivity contribution < 1.29 is 0 Å². The first kappa shape index (κ1) is 16.6. The summed E-state index contributed by atoms with van der Waals surface area (Å²) in [6, 6.07) is 14.9. The van der Waals surface area contributed by atoms with Gasteiger partial charge >= 0.3 is 0 Å². The van der Waals surface area contributed by atoms with Gasteiger partial charge < -0.3 is 5.32 Å². The minimum Gasteiger partial charge on any atom is -0.313 e. The number of rotatable bonds is 2. The summed E-state index contributed by atoms with van der Waals surface area (Å²) < 4.78 is 0. The van der Waals surface area contributed by atoms with Crippen molar-refractivity contribution in [3.8, 4) is 0 Å². The third-order valence-corrected chi connectivity index (χ3v) is 4.74. The first-order chi connectivity index (χ1) is 9.70. The molecule has 112 valence electrons. The van der Waals surface area contributed by atoms with Crippen LogP contribution in [0.1, 0.15) is 41.5 Å². The smallest absolute Gasteiger partial charge is 0.0459 e. The van der Waals surface area contributed by atoms with Gasteiger partial charge in [-0.1, -0.05) is 53.5 Å². The largest absolute Gasteiger partial charge is 0.313 e. The minimum absolute atomic E-state index is 0. The molecule has 0 bridgehead atoms. The number of halogens is 3. The molecule has 21 heavy (non-hydrogen) atoms. The van der Waals surface area contributed by atoms with Crippen LogP contribution in [0, 0.1) is 0 Å². The summed E-state index contributed by atoms with van der Waals surface area (Å²) in [6.07, 6.45) is 2.22. The van der Waals surface area contributed by atoms with Crippen molar-refractivity contribution in [2.75, 3.05) is 7.05 Å². The van der Waals surface area contributed by atoms with E-state index >= 15 is 0 Å². The Morgan fingerprint density at radius 3 is 2.33 bits per heavy atom. The second-order valence-electron chi connectivity index (χ2n) is 5.27. The minimum atomic E-state index is 0. The molecule has 1 aliphatic carbocycles. The lowest BCUT2D eigenvalue weighted by atomic mass is 9.77. The van der Waals surface area contributed by atoms with Crippen molar-refractivity contribution in [1.82, 2.24) is 5.32 Å². The summed E-state index contributed by atoms with van der Waals surface area (Å²) in [5, 5.41) is 4.86. The van der Waals surface area contributed by atoms with Crippen LogP contribution in [0.15, 0.2) is 42.5 Å². The van der Waals surface area contributed by atoms with Crippen LogP contribution >= 0.6 is 35.6 Å². The van der Waals surface area contributed by atoms with Crippen LogP contribution in [0.4, 0.5) is 0 Å². The van der Waals surface area contributed by atoms with E-state index in [4.69, 9.17) is 23.2 Å². The van der Waals surface area contributed by atoms with Gasteiger partial charge in [0.2, 0.25) is 0 Å². The normalized spacial score (nSPS) is 20.5. The molecule has 0 saturated heterocycles. The Bertz CT molecular complexity index is 627. The fourth-order valence-corrected chi connectivity index (χ4v) is 3.74. The van der Waals surface area contributed by atoms with Crippen LogP contribution in [-0.4, -0.2) is 7.05 Å². The topological polar surface area (TPSA) is 12.0 Å². The Hall–Kier alpha value is -0.730. The van der Waals surface area contributed by atoms with Crippen LogP contribution in [0.25, 0.3) is 0 Å². The molecule has 2 atom stereocenters. The van der Waals surface area contributed by atoms with Gasteiger partial charge in [0, 0.05) is 22.0 Å².